The molecule has 2 rings (SSSR count). The maximum absolute atomic E-state index is 12.7. The molecule has 0 fully saturated rings. The van der Waals surface area contributed by atoms with Gasteiger partial charge in [-0.3, -0.25) is 24.0 Å². The predicted molar refractivity (Wildman–Crippen MR) is 97.9 cm³/mol. The van der Waals surface area contributed by atoms with Gasteiger partial charge in [-0.25, -0.2) is 4.79 Å². The van der Waals surface area contributed by atoms with E-state index in [0.29, 0.717) is 13.1 Å². The molecule has 0 saturated carbocycles. The second-order valence-electron chi connectivity index (χ2n) is 5.92. The largest absolute Gasteiger partial charge is 0.384 e. The average Bonchev–Trinajstić information content (AvgIpc) is 2.56. The van der Waals surface area contributed by atoms with Gasteiger partial charge < -0.3 is 5.73 Å². The van der Waals surface area contributed by atoms with Crippen molar-refractivity contribution in [2.24, 2.45) is 0 Å². The number of nitrogens with two attached hydrogens (primary N) is 1. The van der Waals surface area contributed by atoms with Gasteiger partial charge in [-0.1, -0.05) is 31.2 Å². The molecule has 0 aliphatic carbocycles. The van der Waals surface area contributed by atoms with E-state index in [0.717, 1.165) is 11.1 Å². The summed E-state index contributed by atoms with van der Waals surface area (Å²) in [5, 5.41) is 0. The van der Waals surface area contributed by atoms with Crippen molar-refractivity contribution >= 4 is 11.6 Å². The van der Waals surface area contributed by atoms with Gasteiger partial charge >= 0.3 is 5.69 Å². The minimum Gasteiger partial charge on any atom is -0.384 e. The number of anilines is 1. The Morgan fingerprint density at radius 1 is 1.24 bits per heavy atom. The fourth-order valence-electron chi connectivity index (χ4n) is 2.76. The Labute approximate surface area is 146 Å². The van der Waals surface area contributed by atoms with E-state index in [2.05, 4.69) is 4.98 Å². The molecule has 0 spiro atoms. The Balaban J connectivity index is 2.28. The van der Waals surface area contributed by atoms with Crippen LogP contribution in [-0.2, 0) is 13.1 Å². The van der Waals surface area contributed by atoms with Gasteiger partial charge in [0.1, 0.15) is 11.4 Å². The summed E-state index contributed by atoms with van der Waals surface area (Å²) in [5.74, 6) is -0.468. The van der Waals surface area contributed by atoms with Crippen LogP contribution in [0.4, 0.5) is 5.82 Å². The fraction of sp³-hybridized carbons (Fsp3) is 0.389. The van der Waals surface area contributed by atoms with Crippen molar-refractivity contribution in [3.05, 3.63) is 61.8 Å². The zero-order chi connectivity index (χ0) is 18.6. The molecular weight excluding hydrogens is 320 g/mol. The normalized spacial score (nSPS) is 11.0. The minimum absolute atomic E-state index is 0.0556. The zero-order valence-electron chi connectivity index (χ0n) is 14.8. The van der Waals surface area contributed by atoms with E-state index >= 15 is 0 Å². The molecule has 0 radical (unpaired) electrons. The van der Waals surface area contributed by atoms with Crippen LogP contribution in [0.1, 0.15) is 35.3 Å². The quantitative estimate of drug-likeness (QED) is 0.734. The van der Waals surface area contributed by atoms with Gasteiger partial charge in [-0.2, -0.15) is 0 Å². The molecule has 134 valence electrons. The lowest BCUT2D eigenvalue weighted by Gasteiger charge is -2.21. The van der Waals surface area contributed by atoms with Crippen molar-refractivity contribution in [1.29, 1.82) is 0 Å². The van der Waals surface area contributed by atoms with Crippen molar-refractivity contribution < 1.29 is 4.79 Å². The first-order valence-electron chi connectivity index (χ1n) is 8.31. The highest BCUT2D eigenvalue weighted by Crippen LogP contribution is 2.12. The van der Waals surface area contributed by atoms with Crippen LogP contribution in [0.5, 0.6) is 0 Å². The molecule has 3 N–H and O–H groups in total. The number of ketones is 1. The Hall–Kier alpha value is -2.67. The minimum atomic E-state index is -0.732. The summed E-state index contributed by atoms with van der Waals surface area (Å²) >= 11 is 0. The highest BCUT2D eigenvalue weighted by molar-refractivity contribution is 6.01. The van der Waals surface area contributed by atoms with Gasteiger partial charge in [0.25, 0.3) is 5.56 Å². The number of likely N-dealkylation sites (N-methyl/N-ethyl adjacent to an activating group) is 1. The number of hydrogen-bond acceptors (Lipinski definition) is 5. The van der Waals surface area contributed by atoms with Crippen molar-refractivity contribution in [3.63, 3.8) is 0 Å². The number of nitrogen functional groups attached to an aromatic ring is 1. The molecule has 0 atom stereocenters. The molecule has 2 aromatic rings. The number of nitrogens with one attached hydrogen (secondary N) is 1. The number of nitrogens with zero attached hydrogens (tertiary/aromatic N) is 2. The molecule has 7 nitrogen and oxygen atoms in total. The van der Waals surface area contributed by atoms with E-state index in [-0.39, 0.29) is 24.5 Å². The van der Waals surface area contributed by atoms with Crippen LogP contribution < -0.4 is 17.0 Å². The molecule has 0 amide bonds. The van der Waals surface area contributed by atoms with Crippen LogP contribution in [0.2, 0.25) is 0 Å². The molecule has 1 heterocycles. The van der Waals surface area contributed by atoms with Gasteiger partial charge in [-0.15, -0.1) is 0 Å². The highest BCUT2D eigenvalue weighted by Gasteiger charge is 2.21. The zero-order valence-corrected chi connectivity index (χ0v) is 14.8. The molecule has 1 aromatic carbocycles. The number of aromatic nitrogens is 2. The second kappa shape index (κ2) is 7.94. The van der Waals surface area contributed by atoms with Crippen molar-refractivity contribution in [2.75, 3.05) is 18.8 Å². The lowest BCUT2D eigenvalue weighted by molar-refractivity contribution is 0.0928. The summed E-state index contributed by atoms with van der Waals surface area (Å²) in [6, 6.07) is 7.96. The van der Waals surface area contributed by atoms with Crippen LogP contribution in [0, 0.1) is 6.92 Å². The molecule has 25 heavy (non-hydrogen) atoms. The number of aryl methyl sites for hydroxylation is 1. The third-order valence-corrected chi connectivity index (χ3v) is 4.30. The Bertz CT molecular complexity index is 883. The summed E-state index contributed by atoms with van der Waals surface area (Å²) in [4.78, 5) is 40.5. The molecule has 0 unspecified atom stereocenters. The van der Waals surface area contributed by atoms with Crippen molar-refractivity contribution in [1.82, 2.24) is 14.5 Å². The molecule has 0 aliphatic heterocycles. The van der Waals surface area contributed by atoms with Gasteiger partial charge in [0.15, 0.2) is 5.78 Å². The smallest absolute Gasteiger partial charge is 0.329 e. The Morgan fingerprint density at radius 3 is 2.52 bits per heavy atom. The Kier molecular flexibility index (Phi) is 5.93. The first kappa shape index (κ1) is 18.7. The van der Waals surface area contributed by atoms with Crippen LogP contribution in [0.15, 0.2) is 33.9 Å². The number of rotatable bonds is 7. The summed E-state index contributed by atoms with van der Waals surface area (Å²) in [5.41, 5.74) is 6.68. The van der Waals surface area contributed by atoms with Crippen LogP contribution in [0.25, 0.3) is 0 Å². The fourth-order valence-corrected chi connectivity index (χ4v) is 2.76. The lowest BCUT2D eigenvalue weighted by atomic mass is 10.1. The molecule has 7 heteroatoms. The first-order valence-corrected chi connectivity index (χ1v) is 8.31. The molecule has 0 saturated heterocycles. The maximum Gasteiger partial charge on any atom is 0.329 e. The summed E-state index contributed by atoms with van der Waals surface area (Å²) in [6.07, 6.45) is 0. The third kappa shape index (κ3) is 4.06. The van der Waals surface area contributed by atoms with E-state index in [9.17, 15) is 14.4 Å². The van der Waals surface area contributed by atoms with Crippen LogP contribution >= 0.6 is 0 Å². The number of carbonyl (C=O) groups excluding carboxylic acids is 1. The summed E-state index contributed by atoms with van der Waals surface area (Å²) in [7, 11) is 0. The number of Topliss-reactive ketones (excluding diaryl/α,β-unsaturated/α-hetero) is 1. The van der Waals surface area contributed by atoms with Crippen molar-refractivity contribution in [3.8, 4) is 0 Å². The Morgan fingerprint density at radius 2 is 1.92 bits per heavy atom. The average molecular weight is 344 g/mol. The molecule has 0 aliphatic rings. The van der Waals surface area contributed by atoms with Gasteiger partial charge in [0.2, 0.25) is 0 Å². The van der Waals surface area contributed by atoms with Crippen molar-refractivity contribution in [2.45, 2.75) is 33.9 Å². The van der Waals surface area contributed by atoms with E-state index in [1.54, 1.807) is 6.92 Å². The van der Waals surface area contributed by atoms with Crippen LogP contribution in [-0.4, -0.2) is 33.3 Å². The maximum atomic E-state index is 12.7. The molecular formula is C18H24N4O3. The van der Waals surface area contributed by atoms with E-state index in [4.69, 9.17) is 5.73 Å². The molecule has 0 bridgehead atoms. The highest BCUT2D eigenvalue weighted by atomic mass is 16.2. The third-order valence-electron chi connectivity index (χ3n) is 4.30. The summed E-state index contributed by atoms with van der Waals surface area (Å²) < 4.78 is 1.19. The molecule has 1 aromatic heterocycles. The number of benzene rings is 1. The number of H-pyrrole nitrogens is 1. The van der Waals surface area contributed by atoms with Gasteiger partial charge in [0.05, 0.1) is 6.54 Å². The number of hydrogen-bond donors (Lipinski definition) is 2. The second-order valence-corrected chi connectivity index (χ2v) is 5.92. The lowest BCUT2D eigenvalue weighted by Crippen LogP contribution is -2.39. The van der Waals surface area contributed by atoms with E-state index in [1.807, 2.05) is 43.0 Å². The van der Waals surface area contributed by atoms with E-state index in [1.165, 1.54) is 4.57 Å². The topological polar surface area (TPSA) is 101 Å². The first-order chi connectivity index (χ1) is 11.9. The number of aromatic amines is 1. The van der Waals surface area contributed by atoms with Gasteiger partial charge in [0, 0.05) is 13.1 Å². The monoisotopic (exact) mass is 344 g/mol. The van der Waals surface area contributed by atoms with E-state index < -0.39 is 17.0 Å². The standard InChI is InChI=1S/C18H24N4O3/c1-4-21(10-13-9-7-6-8-12(13)3)11-14(23)15-16(19)22(5-2)18(25)20-17(15)24/h6-9H,4-5,10-11,19H2,1-3H3,(H,20,24,25). The predicted octanol–water partition coefficient (Wildman–Crippen LogP) is 1.15. The van der Waals surface area contributed by atoms with Gasteiger partial charge in [-0.05, 0) is 31.5 Å². The summed E-state index contributed by atoms with van der Waals surface area (Å²) in [6.45, 7) is 7.27. The SMILES string of the molecule is CCN(CC(=O)c1c(N)n(CC)c(=O)[nH]c1=O)Cc1ccccc1C. The van der Waals surface area contributed by atoms with Crippen LogP contribution in [0.3, 0.4) is 0 Å². The number of carbonyl (C=O) groups is 1.